The van der Waals surface area contributed by atoms with E-state index in [-0.39, 0.29) is 5.69 Å². The third-order valence-electron chi connectivity index (χ3n) is 1.63. The van der Waals surface area contributed by atoms with Gasteiger partial charge in [0.25, 0.3) is 5.69 Å². The maximum absolute atomic E-state index is 10.7. The molecule has 1 aromatic rings. The standard InChI is InChI=1S/C8H9N3O3S/c1-5(8(9)12)15-7-3-2-6(4-10-7)11(13)14/h2-5H,1H3,(H2,9,12). The number of rotatable bonds is 4. The number of nitrogens with zero attached hydrogens (tertiary/aromatic N) is 2. The second kappa shape index (κ2) is 4.74. The monoisotopic (exact) mass is 227 g/mol. The minimum absolute atomic E-state index is 0.0777. The van der Waals surface area contributed by atoms with E-state index in [0.717, 1.165) is 18.0 Å². The molecule has 80 valence electrons. The van der Waals surface area contributed by atoms with Crippen molar-refractivity contribution in [3.05, 3.63) is 28.4 Å². The second-order valence-corrected chi connectivity index (χ2v) is 4.14. The predicted octanol–water partition coefficient (Wildman–Crippen LogP) is 0.956. The van der Waals surface area contributed by atoms with Crippen LogP contribution in [0.3, 0.4) is 0 Å². The van der Waals surface area contributed by atoms with Crippen LogP contribution < -0.4 is 5.73 Å². The minimum Gasteiger partial charge on any atom is -0.369 e. The lowest BCUT2D eigenvalue weighted by atomic mass is 10.4. The van der Waals surface area contributed by atoms with Crippen LogP contribution in [0.2, 0.25) is 0 Å². The second-order valence-electron chi connectivity index (χ2n) is 2.77. The Labute approximate surface area is 90.0 Å². The first-order valence-electron chi connectivity index (χ1n) is 4.07. The summed E-state index contributed by atoms with van der Waals surface area (Å²) in [6.45, 7) is 1.65. The number of pyridine rings is 1. The van der Waals surface area contributed by atoms with Gasteiger partial charge in [-0.15, -0.1) is 0 Å². The lowest BCUT2D eigenvalue weighted by molar-refractivity contribution is -0.385. The molecule has 1 rings (SSSR count). The third-order valence-corrected chi connectivity index (χ3v) is 2.70. The minimum atomic E-state index is -0.529. The number of primary amides is 1. The van der Waals surface area contributed by atoms with Crippen molar-refractivity contribution >= 4 is 23.4 Å². The van der Waals surface area contributed by atoms with Gasteiger partial charge >= 0.3 is 0 Å². The Morgan fingerprint density at radius 3 is 2.73 bits per heavy atom. The molecule has 0 saturated heterocycles. The van der Waals surface area contributed by atoms with Crippen LogP contribution in [0.15, 0.2) is 23.4 Å². The van der Waals surface area contributed by atoms with Crippen molar-refractivity contribution in [2.24, 2.45) is 5.73 Å². The van der Waals surface area contributed by atoms with E-state index in [2.05, 4.69) is 4.98 Å². The Bertz CT molecular complexity index is 379. The number of hydrogen-bond donors (Lipinski definition) is 1. The molecule has 1 amide bonds. The molecule has 2 N–H and O–H groups in total. The van der Waals surface area contributed by atoms with E-state index < -0.39 is 16.1 Å². The van der Waals surface area contributed by atoms with Crippen LogP contribution in [0.25, 0.3) is 0 Å². The van der Waals surface area contributed by atoms with Crippen molar-refractivity contribution in [1.82, 2.24) is 4.98 Å². The van der Waals surface area contributed by atoms with Gasteiger partial charge in [0, 0.05) is 6.07 Å². The van der Waals surface area contributed by atoms with E-state index in [1.807, 2.05) is 0 Å². The van der Waals surface area contributed by atoms with Gasteiger partial charge in [0.2, 0.25) is 5.91 Å². The number of thioether (sulfide) groups is 1. The van der Waals surface area contributed by atoms with Gasteiger partial charge in [-0.1, -0.05) is 11.8 Å². The topological polar surface area (TPSA) is 99.1 Å². The van der Waals surface area contributed by atoms with Crippen LogP contribution in [0.1, 0.15) is 6.92 Å². The molecule has 0 radical (unpaired) electrons. The molecule has 1 aromatic heterocycles. The summed E-state index contributed by atoms with van der Waals surface area (Å²) >= 11 is 1.16. The first kappa shape index (κ1) is 11.4. The summed E-state index contributed by atoms with van der Waals surface area (Å²) in [7, 11) is 0. The summed E-state index contributed by atoms with van der Waals surface area (Å²) in [5.41, 5.74) is 4.99. The maximum Gasteiger partial charge on any atom is 0.287 e. The quantitative estimate of drug-likeness (QED) is 0.469. The molecule has 1 unspecified atom stereocenters. The first-order valence-corrected chi connectivity index (χ1v) is 4.95. The molecule has 7 heteroatoms. The summed E-state index contributed by atoms with van der Waals surface area (Å²) in [6.07, 6.45) is 1.15. The van der Waals surface area contributed by atoms with Crippen LogP contribution in [0.5, 0.6) is 0 Å². The van der Waals surface area contributed by atoms with Gasteiger partial charge in [-0.05, 0) is 13.0 Å². The Morgan fingerprint density at radius 2 is 2.33 bits per heavy atom. The zero-order valence-corrected chi connectivity index (χ0v) is 8.73. The molecule has 0 spiro atoms. The number of carbonyl (C=O) groups is 1. The summed E-state index contributed by atoms with van der Waals surface area (Å²) in [5.74, 6) is -0.444. The Balaban J connectivity index is 2.72. The lowest BCUT2D eigenvalue weighted by Crippen LogP contribution is -2.22. The van der Waals surface area contributed by atoms with E-state index in [4.69, 9.17) is 5.73 Å². The summed E-state index contributed by atoms with van der Waals surface area (Å²) in [5, 5.41) is 10.5. The van der Waals surface area contributed by atoms with Crippen LogP contribution >= 0.6 is 11.8 Å². The van der Waals surface area contributed by atoms with E-state index in [1.165, 1.54) is 12.1 Å². The van der Waals surface area contributed by atoms with Crippen LogP contribution in [-0.2, 0) is 4.79 Å². The van der Waals surface area contributed by atoms with Crippen molar-refractivity contribution in [2.45, 2.75) is 17.2 Å². The lowest BCUT2D eigenvalue weighted by Gasteiger charge is -2.04. The molecule has 0 aliphatic heterocycles. The van der Waals surface area contributed by atoms with Gasteiger partial charge in [-0.25, -0.2) is 4.98 Å². The number of nitro groups is 1. The number of hydrogen-bond acceptors (Lipinski definition) is 5. The molecule has 0 aliphatic rings. The van der Waals surface area contributed by atoms with Gasteiger partial charge in [-0.2, -0.15) is 0 Å². The highest BCUT2D eigenvalue weighted by molar-refractivity contribution is 8.00. The molecule has 6 nitrogen and oxygen atoms in total. The van der Waals surface area contributed by atoms with Crippen molar-refractivity contribution < 1.29 is 9.72 Å². The average Bonchev–Trinajstić information content (AvgIpc) is 2.18. The Kier molecular flexibility index (Phi) is 3.62. The molecule has 0 aromatic carbocycles. The highest BCUT2D eigenvalue weighted by Crippen LogP contribution is 2.22. The fourth-order valence-corrected chi connectivity index (χ4v) is 1.53. The van der Waals surface area contributed by atoms with Gasteiger partial charge in [0.15, 0.2) is 0 Å². The zero-order valence-electron chi connectivity index (χ0n) is 7.91. The van der Waals surface area contributed by atoms with E-state index in [1.54, 1.807) is 6.92 Å². The van der Waals surface area contributed by atoms with Crippen LogP contribution in [0, 0.1) is 10.1 Å². The smallest absolute Gasteiger partial charge is 0.287 e. The van der Waals surface area contributed by atoms with Crippen molar-refractivity contribution in [3.63, 3.8) is 0 Å². The largest absolute Gasteiger partial charge is 0.369 e. The van der Waals surface area contributed by atoms with Gasteiger partial charge in [-0.3, -0.25) is 14.9 Å². The van der Waals surface area contributed by atoms with Gasteiger partial charge in [0.05, 0.1) is 15.2 Å². The fourth-order valence-electron chi connectivity index (χ4n) is 0.789. The van der Waals surface area contributed by atoms with Crippen molar-refractivity contribution in [3.8, 4) is 0 Å². The van der Waals surface area contributed by atoms with E-state index >= 15 is 0 Å². The van der Waals surface area contributed by atoms with Gasteiger partial charge in [0.1, 0.15) is 6.20 Å². The van der Waals surface area contributed by atoms with Crippen molar-refractivity contribution in [2.75, 3.05) is 0 Å². The van der Waals surface area contributed by atoms with Crippen LogP contribution in [-0.4, -0.2) is 21.1 Å². The predicted molar refractivity (Wildman–Crippen MR) is 55.4 cm³/mol. The third kappa shape index (κ3) is 3.21. The average molecular weight is 227 g/mol. The van der Waals surface area contributed by atoms with Crippen LogP contribution in [0.4, 0.5) is 5.69 Å². The highest BCUT2D eigenvalue weighted by atomic mass is 32.2. The van der Waals surface area contributed by atoms with E-state index in [0.29, 0.717) is 5.03 Å². The molecule has 15 heavy (non-hydrogen) atoms. The normalized spacial score (nSPS) is 12.1. The molecule has 0 fully saturated rings. The molecule has 0 bridgehead atoms. The summed E-state index contributed by atoms with van der Waals surface area (Å²) in [6, 6.07) is 2.82. The number of aromatic nitrogens is 1. The summed E-state index contributed by atoms with van der Waals surface area (Å²) < 4.78 is 0. The summed E-state index contributed by atoms with van der Waals surface area (Å²) in [4.78, 5) is 24.4. The SMILES string of the molecule is CC(Sc1ccc([N+](=O)[O-])cn1)C(N)=O. The fraction of sp³-hybridized carbons (Fsp3) is 0.250. The number of nitrogens with two attached hydrogens (primary N) is 1. The molecular weight excluding hydrogens is 218 g/mol. The van der Waals surface area contributed by atoms with Gasteiger partial charge < -0.3 is 5.73 Å². The Morgan fingerprint density at radius 1 is 1.67 bits per heavy atom. The van der Waals surface area contributed by atoms with E-state index in [9.17, 15) is 14.9 Å². The Hall–Kier alpha value is -1.63. The maximum atomic E-state index is 10.7. The number of amides is 1. The van der Waals surface area contributed by atoms with Crippen molar-refractivity contribution in [1.29, 1.82) is 0 Å². The molecule has 0 saturated carbocycles. The molecule has 1 heterocycles. The number of carbonyl (C=O) groups excluding carboxylic acids is 1. The molecule has 0 aliphatic carbocycles. The zero-order chi connectivity index (χ0) is 11.4. The molecular formula is C8H9N3O3S. The first-order chi connectivity index (χ1) is 7.00. The highest BCUT2D eigenvalue weighted by Gasteiger charge is 2.12. The molecule has 1 atom stereocenters.